The molecule has 1 aromatic rings. The van der Waals surface area contributed by atoms with Crippen molar-refractivity contribution in [2.45, 2.75) is 18.9 Å². The first kappa shape index (κ1) is 10.9. The van der Waals surface area contributed by atoms with E-state index in [-0.39, 0.29) is 6.10 Å². The molecule has 3 heteroatoms. The molecule has 3 nitrogen and oxygen atoms in total. The van der Waals surface area contributed by atoms with Crippen LogP contribution in [-0.2, 0) is 4.74 Å². The highest BCUT2D eigenvalue weighted by atomic mass is 16.5. The number of ether oxygens (including phenoxy) is 2. The summed E-state index contributed by atoms with van der Waals surface area (Å²) in [6.07, 6.45) is 6.33. The molecule has 1 atom stereocenters. The van der Waals surface area contributed by atoms with Crippen molar-refractivity contribution in [3.8, 4) is 5.75 Å². The van der Waals surface area contributed by atoms with Crippen LogP contribution in [0.3, 0.4) is 0 Å². The van der Waals surface area contributed by atoms with Crippen LogP contribution in [0.1, 0.15) is 12.8 Å². The maximum atomic E-state index is 5.48. The van der Waals surface area contributed by atoms with Crippen molar-refractivity contribution in [2.75, 3.05) is 19.0 Å². The molecule has 0 aromatic heterocycles. The van der Waals surface area contributed by atoms with Crippen LogP contribution < -0.4 is 10.1 Å². The van der Waals surface area contributed by atoms with Gasteiger partial charge in [-0.25, -0.2) is 0 Å². The maximum Gasteiger partial charge on any atom is 0.119 e. The van der Waals surface area contributed by atoms with E-state index in [1.54, 1.807) is 13.4 Å². The van der Waals surface area contributed by atoms with Gasteiger partial charge in [0.2, 0.25) is 0 Å². The standard InChI is InChI=1S/C13H17NO2/c1-15-12-7-5-11(6-8-12)14-10-13-4-2-3-9-16-13/h3,5-9,13-14H,2,4,10H2,1H3. The molecule has 1 unspecified atom stereocenters. The van der Waals surface area contributed by atoms with Gasteiger partial charge in [0.25, 0.3) is 0 Å². The molecular weight excluding hydrogens is 202 g/mol. The van der Waals surface area contributed by atoms with E-state index >= 15 is 0 Å². The lowest BCUT2D eigenvalue weighted by atomic mass is 10.1. The number of hydrogen-bond donors (Lipinski definition) is 1. The van der Waals surface area contributed by atoms with Gasteiger partial charge in [-0.15, -0.1) is 0 Å². The first-order valence-electron chi connectivity index (χ1n) is 5.57. The van der Waals surface area contributed by atoms with Crippen molar-refractivity contribution in [1.29, 1.82) is 0 Å². The molecule has 16 heavy (non-hydrogen) atoms. The molecule has 0 amide bonds. The summed E-state index contributed by atoms with van der Waals surface area (Å²) >= 11 is 0. The second-order valence-corrected chi connectivity index (χ2v) is 3.82. The Bertz CT molecular complexity index is 345. The molecular formula is C13H17NO2. The lowest BCUT2D eigenvalue weighted by Crippen LogP contribution is -2.22. The number of rotatable bonds is 4. The molecule has 0 fully saturated rings. The minimum Gasteiger partial charge on any atom is -0.497 e. The summed E-state index contributed by atoms with van der Waals surface area (Å²) < 4.78 is 10.6. The number of methoxy groups -OCH3 is 1. The minimum atomic E-state index is 0.284. The Morgan fingerprint density at radius 1 is 1.38 bits per heavy atom. The predicted octanol–water partition coefficient (Wildman–Crippen LogP) is 2.80. The van der Waals surface area contributed by atoms with Crippen molar-refractivity contribution >= 4 is 5.69 Å². The number of allylic oxidation sites excluding steroid dienone is 1. The smallest absolute Gasteiger partial charge is 0.119 e. The van der Waals surface area contributed by atoms with Crippen molar-refractivity contribution in [1.82, 2.24) is 0 Å². The highest BCUT2D eigenvalue weighted by Crippen LogP contribution is 2.16. The van der Waals surface area contributed by atoms with Gasteiger partial charge < -0.3 is 14.8 Å². The molecule has 1 N–H and O–H groups in total. The normalized spacial score (nSPS) is 18.9. The minimum absolute atomic E-state index is 0.284. The molecule has 0 saturated carbocycles. The summed E-state index contributed by atoms with van der Waals surface area (Å²) in [6.45, 7) is 0.844. The van der Waals surface area contributed by atoms with Crippen LogP contribution in [0.2, 0.25) is 0 Å². The third-order valence-corrected chi connectivity index (χ3v) is 2.65. The van der Waals surface area contributed by atoms with Gasteiger partial charge in [-0.05, 0) is 43.2 Å². The van der Waals surface area contributed by atoms with Gasteiger partial charge in [-0.3, -0.25) is 0 Å². The highest BCUT2D eigenvalue weighted by molar-refractivity contribution is 5.46. The Morgan fingerprint density at radius 3 is 2.81 bits per heavy atom. The lowest BCUT2D eigenvalue weighted by molar-refractivity contribution is 0.135. The van der Waals surface area contributed by atoms with Crippen LogP contribution in [0.25, 0.3) is 0 Å². The van der Waals surface area contributed by atoms with Crippen LogP contribution in [-0.4, -0.2) is 19.8 Å². The third-order valence-electron chi connectivity index (χ3n) is 2.65. The van der Waals surface area contributed by atoms with Gasteiger partial charge in [0.1, 0.15) is 11.9 Å². The Balaban J connectivity index is 1.82. The summed E-state index contributed by atoms with van der Waals surface area (Å²) in [6, 6.07) is 7.92. The molecule has 2 rings (SSSR count). The van der Waals surface area contributed by atoms with Gasteiger partial charge in [0, 0.05) is 5.69 Å². The van der Waals surface area contributed by atoms with E-state index in [4.69, 9.17) is 9.47 Å². The fourth-order valence-corrected chi connectivity index (χ4v) is 1.68. The van der Waals surface area contributed by atoms with E-state index in [0.29, 0.717) is 0 Å². The molecule has 0 aliphatic carbocycles. The molecule has 0 radical (unpaired) electrons. The Hall–Kier alpha value is -1.64. The number of anilines is 1. The zero-order chi connectivity index (χ0) is 11.2. The molecule has 1 heterocycles. The van der Waals surface area contributed by atoms with Crippen LogP contribution >= 0.6 is 0 Å². The Labute approximate surface area is 96.1 Å². The van der Waals surface area contributed by atoms with Crippen molar-refractivity contribution in [3.63, 3.8) is 0 Å². The first-order chi connectivity index (χ1) is 7.88. The first-order valence-corrected chi connectivity index (χ1v) is 5.57. The monoisotopic (exact) mass is 219 g/mol. The molecule has 0 saturated heterocycles. The third kappa shape index (κ3) is 2.92. The van der Waals surface area contributed by atoms with Gasteiger partial charge in [0.05, 0.1) is 19.9 Å². The topological polar surface area (TPSA) is 30.5 Å². The fourth-order valence-electron chi connectivity index (χ4n) is 1.68. The van der Waals surface area contributed by atoms with Crippen LogP contribution in [0.15, 0.2) is 36.6 Å². The summed E-state index contributed by atoms with van der Waals surface area (Å²) in [4.78, 5) is 0. The van der Waals surface area contributed by atoms with Gasteiger partial charge >= 0.3 is 0 Å². The van der Waals surface area contributed by atoms with Crippen LogP contribution in [0.4, 0.5) is 5.69 Å². The summed E-state index contributed by atoms with van der Waals surface area (Å²) in [5.74, 6) is 0.877. The van der Waals surface area contributed by atoms with Gasteiger partial charge in [-0.1, -0.05) is 0 Å². The van der Waals surface area contributed by atoms with E-state index in [1.807, 2.05) is 24.3 Å². The Morgan fingerprint density at radius 2 is 2.19 bits per heavy atom. The lowest BCUT2D eigenvalue weighted by Gasteiger charge is -2.20. The van der Waals surface area contributed by atoms with Crippen LogP contribution in [0.5, 0.6) is 5.75 Å². The molecule has 0 bridgehead atoms. The fraction of sp³-hybridized carbons (Fsp3) is 0.385. The van der Waals surface area contributed by atoms with E-state index in [1.165, 1.54) is 0 Å². The van der Waals surface area contributed by atoms with Crippen LogP contribution in [0, 0.1) is 0 Å². The number of benzene rings is 1. The van der Waals surface area contributed by atoms with Gasteiger partial charge in [-0.2, -0.15) is 0 Å². The molecule has 0 spiro atoms. The largest absolute Gasteiger partial charge is 0.497 e. The van der Waals surface area contributed by atoms with Crippen molar-refractivity contribution in [2.24, 2.45) is 0 Å². The zero-order valence-corrected chi connectivity index (χ0v) is 9.48. The quantitative estimate of drug-likeness (QED) is 0.844. The van der Waals surface area contributed by atoms with E-state index in [2.05, 4.69) is 11.4 Å². The Kier molecular flexibility index (Phi) is 3.70. The molecule has 1 aliphatic heterocycles. The summed E-state index contributed by atoms with van der Waals surface area (Å²) in [5.41, 5.74) is 1.10. The average molecular weight is 219 g/mol. The molecule has 1 aliphatic rings. The second kappa shape index (κ2) is 5.45. The number of hydrogen-bond acceptors (Lipinski definition) is 3. The second-order valence-electron chi connectivity index (χ2n) is 3.82. The molecule has 86 valence electrons. The van der Waals surface area contributed by atoms with E-state index in [0.717, 1.165) is 30.8 Å². The van der Waals surface area contributed by atoms with Crippen molar-refractivity contribution < 1.29 is 9.47 Å². The predicted molar refractivity (Wildman–Crippen MR) is 64.7 cm³/mol. The SMILES string of the molecule is COc1ccc(NCC2CCC=CO2)cc1. The number of nitrogens with one attached hydrogen (secondary N) is 1. The summed E-state index contributed by atoms with van der Waals surface area (Å²) in [7, 11) is 1.67. The maximum absolute atomic E-state index is 5.48. The van der Waals surface area contributed by atoms with E-state index < -0.39 is 0 Å². The molecule has 1 aromatic carbocycles. The average Bonchev–Trinajstić information content (AvgIpc) is 2.38. The highest BCUT2D eigenvalue weighted by Gasteiger charge is 2.09. The van der Waals surface area contributed by atoms with E-state index in [9.17, 15) is 0 Å². The summed E-state index contributed by atoms with van der Waals surface area (Å²) in [5, 5.41) is 3.35. The van der Waals surface area contributed by atoms with Crippen molar-refractivity contribution in [3.05, 3.63) is 36.6 Å². The van der Waals surface area contributed by atoms with Gasteiger partial charge in [0.15, 0.2) is 0 Å². The zero-order valence-electron chi connectivity index (χ0n) is 9.48.